The fraction of sp³-hybridized carbons (Fsp3) is 0.724. The summed E-state index contributed by atoms with van der Waals surface area (Å²) in [4.78, 5) is 30.9. The first-order valence-corrected chi connectivity index (χ1v) is 28.5. The molecule has 0 aromatic heterocycles. The molecule has 23 atom stereocenters. The Bertz CT molecular complexity index is 2170. The summed E-state index contributed by atoms with van der Waals surface area (Å²) in [6.45, 7) is 7.20. The second kappa shape index (κ2) is 32.7. The molecule has 5 heterocycles. The maximum Gasteiger partial charge on any atom is 0.308 e. The van der Waals surface area contributed by atoms with Crippen molar-refractivity contribution in [2.45, 2.75) is 201 Å². The van der Waals surface area contributed by atoms with Gasteiger partial charge in [-0.25, -0.2) is 0 Å². The smallest absolute Gasteiger partial charge is 0.308 e. The van der Waals surface area contributed by atoms with Crippen LogP contribution in [0, 0.1) is 17.8 Å². The molecule has 1 amide bonds. The highest BCUT2D eigenvalue weighted by molar-refractivity contribution is 5.80. The Kier molecular flexibility index (Phi) is 27.6. The third-order valence-corrected chi connectivity index (χ3v) is 16.1. The number of nitrogens with one attached hydrogen (secondary N) is 1. The minimum absolute atomic E-state index is 0.124. The first-order chi connectivity index (χ1) is 38.7. The van der Waals surface area contributed by atoms with Crippen molar-refractivity contribution in [3.8, 4) is 0 Å². The maximum absolute atomic E-state index is 14.5. The van der Waals surface area contributed by atoms with Crippen LogP contribution in [-0.4, -0.2) is 261 Å². The Morgan fingerprint density at radius 2 is 1.24 bits per heavy atom. The molecule has 4 unspecified atom stereocenters. The van der Waals surface area contributed by atoms with Crippen molar-refractivity contribution in [3.05, 3.63) is 85.1 Å². The lowest BCUT2D eigenvalue weighted by Gasteiger charge is -2.48. The molecule has 466 valence electrons. The number of esters is 1. The van der Waals surface area contributed by atoms with Crippen LogP contribution in [0.5, 0.6) is 0 Å². The van der Waals surface area contributed by atoms with Gasteiger partial charge in [0.1, 0.15) is 30.5 Å². The number of rotatable bonds is 6. The number of hydrogen-bond donors (Lipinski definition) is 15. The van der Waals surface area contributed by atoms with Gasteiger partial charge in [-0.1, -0.05) is 98.9 Å². The molecule has 5 aliphatic heterocycles. The zero-order chi connectivity index (χ0) is 60.5. The maximum atomic E-state index is 14.5. The fourth-order valence-corrected chi connectivity index (χ4v) is 10.7. The lowest BCUT2D eigenvalue weighted by atomic mass is 9.81. The van der Waals surface area contributed by atoms with Gasteiger partial charge in [0.15, 0.2) is 12.1 Å². The molecule has 0 spiro atoms. The SMILES string of the molecule is CC1[C@H](C)OC(=O)C[C@H](O)C[C@H](O)CC[C@@H](O)[C@H](O)C[C@H](O)C[C@]2(O)C[C@H](O)C(C(=O)N3CCN(C)CC3)C(C[C@@H](OC3O[C@H](C)[C@@H](O)[C@H](NC[C@@]4(O)OC[C@@H](O)[C@H](O)[C@@H]4O)[C@@H]3O)C=C/C=C/C=C/C=C/C=C/C=C/C=C/[C@H](C)[C@H]1O)O2. The summed E-state index contributed by atoms with van der Waals surface area (Å²) >= 11 is 0. The van der Waals surface area contributed by atoms with Crippen LogP contribution in [-0.2, 0) is 33.3 Å². The highest BCUT2D eigenvalue weighted by Crippen LogP contribution is 2.39. The molecule has 24 heteroatoms. The lowest BCUT2D eigenvalue weighted by Crippen LogP contribution is -2.69. The van der Waals surface area contributed by atoms with Crippen molar-refractivity contribution in [2.24, 2.45) is 17.8 Å². The van der Waals surface area contributed by atoms with E-state index in [0.29, 0.717) is 26.2 Å². The highest BCUT2D eigenvalue weighted by Gasteiger charge is 2.53. The van der Waals surface area contributed by atoms with Gasteiger partial charge in [0.25, 0.3) is 0 Å². The highest BCUT2D eigenvalue weighted by atomic mass is 16.7. The van der Waals surface area contributed by atoms with Crippen molar-refractivity contribution in [2.75, 3.05) is 46.4 Å². The Morgan fingerprint density at radius 1 is 0.646 bits per heavy atom. The summed E-state index contributed by atoms with van der Waals surface area (Å²) in [5.41, 5.74) is 0. The van der Waals surface area contributed by atoms with Crippen LogP contribution in [0.2, 0.25) is 0 Å². The van der Waals surface area contributed by atoms with Crippen LogP contribution in [0.4, 0.5) is 0 Å². The van der Waals surface area contributed by atoms with E-state index in [2.05, 4.69) is 5.32 Å². The zero-order valence-electron chi connectivity index (χ0n) is 47.6. The van der Waals surface area contributed by atoms with Gasteiger partial charge in [0.2, 0.25) is 11.7 Å². The summed E-state index contributed by atoms with van der Waals surface area (Å²) in [6.07, 6.45) is -2.63. The standard InChI is InChI=1S/C58H93N3O21/c1-34-18-16-14-12-10-8-6-7-9-11-13-15-17-19-41(81-56-53(73)49(51(71)37(4)80-56)59-33-58(77)54(74)52(72)45(68)32-78-58)29-46-48(55(75)61-24-22-60(5)23-25-61)44(67)31-57(76,82-46)30-40(64)27-43(66)42(65)21-20-38(62)26-39(63)28-47(69)79-36(3)35(2)50(34)70/h6-19,34-46,48-54,56,59,62-68,70-74,76-77H,20-33H2,1-5H3/b7-6+,10-8+,11-9+,14-12+,15-13+,18-16+,19-17?/t34-,35?,36-,37+,38+,39+,40-,41-,42+,43+,44-,45+,46?,48?,49-,50+,51+,52-,53-,54-,56?,57+,58+/m0/s1. The van der Waals surface area contributed by atoms with Crippen LogP contribution in [0.1, 0.15) is 79.1 Å². The van der Waals surface area contributed by atoms with Gasteiger partial charge in [-0.2, -0.15) is 0 Å². The molecule has 0 aromatic carbocycles. The summed E-state index contributed by atoms with van der Waals surface area (Å²) < 4.78 is 29.6. The van der Waals surface area contributed by atoms with E-state index in [0.717, 1.165) is 0 Å². The number of cyclic esters (lactones) is 1. The number of amides is 1. The first-order valence-electron chi connectivity index (χ1n) is 28.5. The fourth-order valence-electron chi connectivity index (χ4n) is 10.7. The quantitative estimate of drug-likeness (QED) is 0.126. The number of aliphatic hydroxyl groups is 14. The number of aliphatic hydroxyl groups excluding tert-OH is 12. The van der Waals surface area contributed by atoms with Crippen LogP contribution in [0.15, 0.2) is 85.1 Å². The number of allylic oxidation sites excluding steroid dienone is 12. The van der Waals surface area contributed by atoms with E-state index >= 15 is 0 Å². The molecule has 24 nitrogen and oxygen atoms in total. The van der Waals surface area contributed by atoms with Crippen molar-refractivity contribution in [1.82, 2.24) is 15.1 Å². The predicted molar refractivity (Wildman–Crippen MR) is 296 cm³/mol. The molecule has 0 radical (unpaired) electrons. The van der Waals surface area contributed by atoms with Crippen molar-refractivity contribution >= 4 is 11.9 Å². The lowest BCUT2D eigenvalue weighted by molar-refractivity contribution is -0.323. The van der Waals surface area contributed by atoms with E-state index in [1.165, 1.54) is 6.92 Å². The number of piperazine rings is 1. The number of nitrogens with zero attached hydrogens (tertiary/aromatic N) is 2. The molecule has 0 aromatic rings. The van der Waals surface area contributed by atoms with E-state index in [1.54, 1.807) is 97.7 Å². The summed E-state index contributed by atoms with van der Waals surface area (Å²) in [6, 6.07) is -1.33. The zero-order valence-corrected chi connectivity index (χ0v) is 47.6. The van der Waals surface area contributed by atoms with Gasteiger partial charge in [0, 0.05) is 63.7 Å². The Hall–Kier alpha value is -3.68. The number of carbonyl (C=O) groups excluding carboxylic acids is 2. The van der Waals surface area contributed by atoms with Crippen LogP contribution in [0.3, 0.4) is 0 Å². The number of likely N-dealkylation sites (N-methyl/N-ethyl adjacent to an activating group) is 1. The first kappa shape index (κ1) is 69.1. The minimum atomic E-state index is -2.46. The van der Waals surface area contributed by atoms with Gasteiger partial charge >= 0.3 is 5.97 Å². The Labute approximate surface area is 480 Å². The molecular weight excluding hydrogens is 1070 g/mol. The molecule has 5 aliphatic rings. The average Bonchev–Trinajstić information content (AvgIpc) is 3.58. The number of carbonyl (C=O) groups is 2. The predicted octanol–water partition coefficient (Wildman–Crippen LogP) is -2.17. The Morgan fingerprint density at radius 3 is 1.87 bits per heavy atom. The Balaban J connectivity index is 1.43. The normalized spacial score (nSPS) is 45.2. The van der Waals surface area contributed by atoms with Crippen molar-refractivity contribution in [3.63, 3.8) is 0 Å². The van der Waals surface area contributed by atoms with Gasteiger partial charge in [-0.05, 0) is 40.2 Å². The van der Waals surface area contributed by atoms with E-state index < -0.39 is 184 Å². The topological polar surface area (TPSA) is 382 Å². The molecule has 0 saturated carbocycles. The molecule has 4 fully saturated rings. The second-order valence-corrected chi connectivity index (χ2v) is 22.8. The monoisotopic (exact) mass is 1170 g/mol. The van der Waals surface area contributed by atoms with Gasteiger partial charge in [-0.3, -0.25) is 9.59 Å². The summed E-state index contributed by atoms with van der Waals surface area (Å²) in [5, 5.41) is 157. The van der Waals surface area contributed by atoms with Gasteiger partial charge in [-0.15, -0.1) is 0 Å². The van der Waals surface area contributed by atoms with Crippen LogP contribution in [0.25, 0.3) is 0 Å². The van der Waals surface area contributed by atoms with E-state index in [4.69, 9.17) is 23.7 Å². The van der Waals surface area contributed by atoms with E-state index in [1.807, 2.05) is 24.9 Å². The average molecular weight is 1170 g/mol. The molecule has 2 bridgehead atoms. The number of ether oxygens (including phenoxy) is 5. The summed E-state index contributed by atoms with van der Waals surface area (Å²) in [5.74, 6) is -8.12. The van der Waals surface area contributed by atoms with E-state index in [9.17, 15) is 81.1 Å². The summed E-state index contributed by atoms with van der Waals surface area (Å²) in [7, 11) is 1.90. The van der Waals surface area contributed by atoms with Crippen molar-refractivity contribution < 1.29 is 105 Å². The third kappa shape index (κ3) is 20.5. The molecule has 15 N–H and O–H groups in total. The third-order valence-electron chi connectivity index (χ3n) is 16.1. The molecule has 5 rings (SSSR count). The molecule has 0 aliphatic carbocycles. The number of fused-ring (bicyclic) bond motifs is 2. The van der Waals surface area contributed by atoms with Crippen molar-refractivity contribution in [1.29, 1.82) is 0 Å². The molecular formula is C58H93N3O21. The van der Waals surface area contributed by atoms with Gasteiger partial charge < -0.3 is 110 Å². The number of hydrogen-bond acceptors (Lipinski definition) is 23. The van der Waals surface area contributed by atoms with Crippen LogP contribution < -0.4 is 5.32 Å². The molecule has 4 saturated heterocycles. The van der Waals surface area contributed by atoms with Gasteiger partial charge in [0.05, 0.1) is 98.7 Å². The molecule has 82 heavy (non-hydrogen) atoms. The van der Waals surface area contributed by atoms with Crippen LogP contribution >= 0.6 is 0 Å². The minimum Gasteiger partial charge on any atom is -0.462 e. The van der Waals surface area contributed by atoms with E-state index in [-0.39, 0.29) is 31.6 Å². The largest absolute Gasteiger partial charge is 0.462 e. The second-order valence-electron chi connectivity index (χ2n) is 22.8.